The highest BCUT2D eigenvalue weighted by Gasteiger charge is 2.25. The van der Waals surface area contributed by atoms with Crippen LogP contribution < -0.4 is 16.2 Å². The van der Waals surface area contributed by atoms with E-state index in [2.05, 4.69) is 16.3 Å². The molecule has 0 heterocycles. The van der Waals surface area contributed by atoms with Gasteiger partial charge in [-0.1, -0.05) is 6.58 Å². The van der Waals surface area contributed by atoms with Crippen molar-refractivity contribution in [2.45, 2.75) is 13.8 Å². The molecule has 8 nitrogen and oxygen atoms in total. The van der Waals surface area contributed by atoms with Gasteiger partial charge in [-0.05, 0) is 26.0 Å². The standard InChI is InChI=1S/C18H20FN3O5/c1-8(11-6-7-12(9(2)23)16(26-4)14(11)19)22-15(18(25)27-5)13(10(3)24)17(20)21/h6-7H,1,20-21H2,2-5H3/b22-15+. The van der Waals surface area contributed by atoms with Crippen LogP contribution in [0.4, 0.5) is 4.39 Å². The molecule has 0 radical (unpaired) electrons. The monoisotopic (exact) mass is 377 g/mol. The Morgan fingerprint density at radius 1 is 1.11 bits per heavy atom. The first kappa shape index (κ1) is 21.6. The summed E-state index contributed by atoms with van der Waals surface area (Å²) >= 11 is 0. The number of carbonyl (C=O) groups is 3. The van der Waals surface area contributed by atoms with Crippen LogP contribution >= 0.6 is 0 Å². The number of benzene rings is 1. The fraction of sp³-hybridized carbons (Fsp3) is 0.222. The minimum absolute atomic E-state index is 0.0271. The maximum atomic E-state index is 14.7. The van der Waals surface area contributed by atoms with Crippen LogP contribution in [0.15, 0.2) is 35.1 Å². The molecule has 0 spiro atoms. The van der Waals surface area contributed by atoms with Crippen molar-refractivity contribution in [1.29, 1.82) is 0 Å². The zero-order valence-electron chi connectivity index (χ0n) is 15.4. The molecule has 1 aromatic rings. The van der Waals surface area contributed by atoms with Gasteiger partial charge in [-0.2, -0.15) is 0 Å². The molecule has 0 aliphatic carbocycles. The van der Waals surface area contributed by atoms with E-state index in [4.69, 9.17) is 16.2 Å². The Labute approximate surface area is 155 Å². The third-order valence-electron chi connectivity index (χ3n) is 3.49. The molecule has 27 heavy (non-hydrogen) atoms. The number of esters is 1. The molecular formula is C18H20FN3O5. The molecule has 9 heteroatoms. The van der Waals surface area contributed by atoms with Gasteiger partial charge in [-0.3, -0.25) is 9.59 Å². The summed E-state index contributed by atoms with van der Waals surface area (Å²) in [6.45, 7) is 5.99. The highest BCUT2D eigenvalue weighted by atomic mass is 19.1. The molecule has 0 saturated carbocycles. The second-order valence-corrected chi connectivity index (χ2v) is 5.35. The van der Waals surface area contributed by atoms with Crippen molar-refractivity contribution < 1.29 is 28.2 Å². The second-order valence-electron chi connectivity index (χ2n) is 5.35. The van der Waals surface area contributed by atoms with Gasteiger partial charge in [0.25, 0.3) is 0 Å². The summed E-state index contributed by atoms with van der Waals surface area (Å²) in [4.78, 5) is 39.3. The molecule has 4 N–H and O–H groups in total. The molecule has 0 bridgehead atoms. The van der Waals surface area contributed by atoms with E-state index in [0.717, 1.165) is 14.0 Å². The van der Waals surface area contributed by atoms with E-state index in [0.29, 0.717) is 0 Å². The number of carbonyl (C=O) groups excluding carboxylic acids is 3. The van der Waals surface area contributed by atoms with Crippen LogP contribution in [0.2, 0.25) is 0 Å². The Kier molecular flexibility index (Phi) is 6.98. The van der Waals surface area contributed by atoms with Crippen molar-refractivity contribution in [2.24, 2.45) is 16.5 Å². The van der Waals surface area contributed by atoms with E-state index >= 15 is 0 Å². The van der Waals surface area contributed by atoms with Gasteiger partial charge in [0.1, 0.15) is 5.82 Å². The summed E-state index contributed by atoms with van der Waals surface area (Å²) < 4.78 is 24.3. The van der Waals surface area contributed by atoms with Crippen LogP contribution in [0.3, 0.4) is 0 Å². The lowest BCUT2D eigenvalue weighted by Crippen LogP contribution is -2.28. The van der Waals surface area contributed by atoms with E-state index in [1.807, 2.05) is 0 Å². The lowest BCUT2D eigenvalue weighted by atomic mass is 10.0. The Morgan fingerprint density at radius 3 is 2.07 bits per heavy atom. The first-order chi connectivity index (χ1) is 12.6. The number of hydrogen-bond acceptors (Lipinski definition) is 8. The molecule has 1 aromatic carbocycles. The van der Waals surface area contributed by atoms with Crippen molar-refractivity contribution in [3.63, 3.8) is 0 Å². The summed E-state index contributed by atoms with van der Waals surface area (Å²) in [7, 11) is 2.27. The number of hydrogen-bond donors (Lipinski definition) is 2. The Balaban J connectivity index is 3.62. The van der Waals surface area contributed by atoms with Crippen molar-refractivity contribution in [3.05, 3.63) is 47.0 Å². The number of nitrogens with zero attached hydrogens (tertiary/aromatic N) is 1. The first-order valence-corrected chi connectivity index (χ1v) is 7.56. The number of ketones is 2. The maximum absolute atomic E-state index is 14.7. The zero-order valence-corrected chi connectivity index (χ0v) is 15.4. The van der Waals surface area contributed by atoms with Gasteiger partial charge in [-0.25, -0.2) is 14.2 Å². The molecule has 1 rings (SSSR count). The quantitative estimate of drug-likeness (QED) is 0.317. The van der Waals surface area contributed by atoms with Crippen LogP contribution in [-0.2, 0) is 14.3 Å². The van der Waals surface area contributed by atoms with Crippen molar-refractivity contribution in [3.8, 4) is 5.75 Å². The van der Waals surface area contributed by atoms with E-state index in [1.165, 1.54) is 26.2 Å². The van der Waals surface area contributed by atoms with Gasteiger partial charge >= 0.3 is 5.97 Å². The largest absolute Gasteiger partial charge is 0.493 e. The van der Waals surface area contributed by atoms with Crippen molar-refractivity contribution in [2.75, 3.05) is 14.2 Å². The summed E-state index contributed by atoms with van der Waals surface area (Å²) in [5, 5.41) is 0. The van der Waals surface area contributed by atoms with Crippen LogP contribution in [0.1, 0.15) is 29.8 Å². The number of aliphatic imine (C=N–C) groups is 1. The first-order valence-electron chi connectivity index (χ1n) is 7.56. The highest BCUT2D eigenvalue weighted by molar-refractivity contribution is 6.50. The summed E-state index contributed by atoms with van der Waals surface area (Å²) in [5.74, 6) is -3.71. The smallest absolute Gasteiger partial charge is 0.357 e. The number of Topliss-reactive ketones (excluding diaryl/α,β-unsaturated/α-hetero) is 2. The molecule has 0 aromatic heterocycles. The average Bonchev–Trinajstić information content (AvgIpc) is 2.58. The van der Waals surface area contributed by atoms with Crippen LogP contribution in [0.25, 0.3) is 5.70 Å². The van der Waals surface area contributed by atoms with Crippen molar-refractivity contribution in [1.82, 2.24) is 0 Å². The lowest BCUT2D eigenvalue weighted by molar-refractivity contribution is -0.132. The molecule has 0 aliphatic rings. The number of halogens is 1. The second kappa shape index (κ2) is 8.75. The Bertz CT molecular complexity index is 883. The highest BCUT2D eigenvalue weighted by Crippen LogP contribution is 2.30. The summed E-state index contributed by atoms with van der Waals surface area (Å²) in [6.07, 6.45) is 0. The number of nitrogens with two attached hydrogens (primary N) is 2. The summed E-state index contributed by atoms with van der Waals surface area (Å²) in [6, 6.07) is 2.58. The van der Waals surface area contributed by atoms with Crippen LogP contribution in [0, 0.1) is 5.82 Å². The maximum Gasteiger partial charge on any atom is 0.357 e. The zero-order chi connectivity index (χ0) is 20.9. The molecule has 0 amide bonds. The number of methoxy groups -OCH3 is 2. The molecular weight excluding hydrogens is 357 g/mol. The molecule has 0 fully saturated rings. The normalized spacial score (nSPS) is 10.8. The van der Waals surface area contributed by atoms with Gasteiger partial charge < -0.3 is 20.9 Å². The average molecular weight is 377 g/mol. The van der Waals surface area contributed by atoms with E-state index in [9.17, 15) is 18.8 Å². The van der Waals surface area contributed by atoms with Crippen LogP contribution in [-0.4, -0.2) is 37.5 Å². The van der Waals surface area contributed by atoms with Gasteiger partial charge in [0.05, 0.1) is 31.1 Å². The molecule has 0 aliphatic heterocycles. The van der Waals surface area contributed by atoms with E-state index in [1.54, 1.807) is 0 Å². The van der Waals surface area contributed by atoms with Gasteiger partial charge in [0.2, 0.25) is 0 Å². The Morgan fingerprint density at radius 2 is 1.67 bits per heavy atom. The number of rotatable bonds is 7. The third kappa shape index (κ3) is 4.57. The van der Waals surface area contributed by atoms with Gasteiger partial charge in [0.15, 0.2) is 28.8 Å². The predicted molar refractivity (Wildman–Crippen MR) is 97.5 cm³/mol. The summed E-state index contributed by atoms with van der Waals surface area (Å²) in [5.41, 5.74) is 9.66. The van der Waals surface area contributed by atoms with E-state index in [-0.39, 0.29) is 28.1 Å². The third-order valence-corrected chi connectivity index (χ3v) is 3.49. The minimum Gasteiger partial charge on any atom is -0.493 e. The minimum atomic E-state index is -1.01. The fourth-order valence-electron chi connectivity index (χ4n) is 2.26. The SMILES string of the molecule is C=C(/N=C(/C(=O)OC)C(C(C)=O)=C(N)N)c1ccc(C(C)=O)c(OC)c1F. The van der Waals surface area contributed by atoms with Gasteiger partial charge in [0, 0.05) is 5.56 Å². The molecule has 144 valence electrons. The van der Waals surface area contributed by atoms with E-state index < -0.39 is 34.9 Å². The van der Waals surface area contributed by atoms with Crippen molar-refractivity contribution >= 4 is 28.9 Å². The topological polar surface area (TPSA) is 134 Å². The lowest BCUT2D eigenvalue weighted by Gasteiger charge is -2.13. The van der Waals surface area contributed by atoms with Crippen LogP contribution in [0.5, 0.6) is 5.75 Å². The predicted octanol–water partition coefficient (Wildman–Crippen LogP) is 1.34. The molecule has 0 saturated heterocycles. The Hall–Kier alpha value is -3.49. The number of ether oxygens (including phenoxy) is 2. The van der Waals surface area contributed by atoms with Gasteiger partial charge in [-0.15, -0.1) is 0 Å². The molecule has 0 unspecified atom stereocenters. The fourth-order valence-corrected chi connectivity index (χ4v) is 2.26. The molecule has 0 atom stereocenters.